The smallest absolute Gasteiger partial charge is 0.0659 e. The highest BCUT2D eigenvalue weighted by atomic mass is 14.8. The first-order valence-corrected chi connectivity index (χ1v) is 21.5. The molecule has 0 aliphatic carbocycles. The van der Waals surface area contributed by atoms with E-state index in [2.05, 4.69) is 192 Å². The van der Waals surface area contributed by atoms with Crippen LogP contribution in [0, 0.1) is 0 Å². The van der Waals surface area contributed by atoms with Crippen molar-refractivity contribution in [3.63, 3.8) is 0 Å². The summed E-state index contributed by atoms with van der Waals surface area (Å²) >= 11 is 0. The fourth-order valence-corrected chi connectivity index (χ4v) is 9.36. The predicted octanol–water partition coefficient (Wildman–Crippen LogP) is 9.90. The van der Waals surface area contributed by atoms with Gasteiger partial charge in [0.15, 0.2) is 0 Å². The van der Waals surface area contributed by atoms with Crippen molar-refractivity contribution in [3.05, 3.63) is 213 Å². The van der Waals surface area contributed by atoms with Crippen molar-refractivity contribution in [2.45, 2.75) is 0 Å². The van der Waals surface area contributed by atoms with Crippen molar-refractivity contribution in [3.8, 4) is 0 Å². The number of benzene rings is 4. The van der Waals surface area contributed by atoms with Crippen molar-refractivity contribution in [1.82, 2.24) is 39.9 Å². The molecule has 0 saturated carbocycles. The maximum Gasteiger partial charge on any atom is 0.0659 e. The number of hydrogen-bond acceptors (Lipinski definition) is 2. The molecule has 4 aromatic carbocycles. The van der Waals surface area contributed by atoms with Crippen molar-refractivity contribution in [2.75, 3.05) is 0 Å². The molecule has 3 aliphatic heterocycles. The van der Waals surface area contributed by atoms with Crippen LogP contribution in [0.15, 0.2) is 146 Å². The molecule has 0 unspecified atom stereocenters. The van der Waals surface area contributed by atoms with Crippen molar-refractivity contribution >= 4 is 114 Å². The Morgan fingerprint density at radius 2 is 0.531 bits per heavy atom. The molecule has 0 atom stereocenters. The Hall–Kier alpha value is -8.88. The Balaban J connectivity index is 0.000000147. The first-order chi connectivity index (χ1) is 31.6. The van der Waals surface area contributed by atoms with Gasteiger partial charge in [0.1, 0.15) is 0 Å². The van der Waals surface area contributed by atoms with Gasteiger partial charge in [-0.3, -0.25) is 0 Å². The van der Waals surface area contributed by atoms with Gasteiger partial charge in [-0.25, -0.2) is 9.97 Å². The Morgan fingerprint density at radius 3 is 0.859 bits per heavy atom. The lowest BCUT2D eigenvalue weighted by Gasteiger charge is -1.92. The zero-order chi connectivity index (χ0) is 42.1. The molecular weight excluding hydrogens is 785 g/mol. The predicted molar refractivity (Wildman–Crippen MR) is 265 cm³/mol. The summed E-state index contributed by atoms with van der Waals surface area (Å²) in [5.41, 5.74) is 12.2. The average molecular weight is 823 g/mol. The number of nitrogens with one attached hydrogen (secondary N) is 6. The summed E-state index contributed by atoms with van der Waals surface area (Å²) < 4.78 is 0. The van der Waals surface area contributed by atoms with E-state index in [4.69, 9.17) is 0 Å². The lowest BCUT2D eigenvalue weighted by molar-refractivity contribution is 1.25. The number of fused-ring (bicyclic) bond motifs is 28. The third-order valence-corrected chi connectivity index (χ3v) is 12.3. The number of hydrogen-bond donors (Lipinski definition) is 6. The van der Waals surface area contributed by atoms with E-state index in [9.17, 15) is 0 Å². The number of H-pyrrole nitrogens is 6. The van der Waals surface area contributed by atoms with Crippen LogP contribution in [0.25, 0.3) is 114 Å². The van der Waals surface area contributed by atoms with Gasteiger partial charge < -0.3 is 29.9 Å². The van der Waals surface area contributed by atoms with Crippen LogP contribution in [0.5, 0.6) is 0 Å². The highest BCUT2D eigenvalue weighted by molar-refractivity contribution is 6.00. The monoisotopic (exact) mass is 822 g/mol. The van der Waals surface area contributed by atoms with Crippen LogP contribution in [-0.2, 0) is 0 Å². The Labute approximate surface area is 364 Å². The third kappa shape index (κ3) is 6.32. The standard InChI is InChI=1S/C36H24N4.C20H14N4/c1-2-10-22-21(9-1)29-17-31-23-11-3-4-12-24(23)33(38-31)19-35-27-15-7-8-16-28(27)36(40-35)20-34-26-14-6-5-13-25(26)32(39-34)18-30(22)37-29;1-2-14-10-16-5-6-18(23-16)12-20-8-7-19(24-20)11-17-4-3-15(22-17)9-13(1)21-14/h1-20,37-40H;1-12,21-22H. The summed E-state index contributed by atoms with van der Waals surface area (Å²) in [5.74, 6) is 0. The maximum absolute atomic E-state index is 4.62. The molecule has 16 bridgehead atoms. The van der Waals surface area contributed by atoms with E-state index >= 15 is 0 Å². The topological polar surface area (TPSA) is 121 Å². The van der Waals surface area contributed by atoms with Crippen LogP contribution >= 0.6 is 0 Å². The Kier molecular flexibility index (Phi) is 8.04. The van der Waals surface area contributed by atoms with Crippen molar-refractivity contribution in [2.24, 2.45) is 0 Å². The van der Waals surface area contributed by atoms with Crippen LogP contribution in [0.4, 0.5) is 0 Å². The molecular formula is C56H38N8. The quantitative estimate of drug-likeness (QED) is 0.0913. The SMILES string of the molecule is C1=Cc2cc3ccc(cc4ccc(cc5nc(cc1n2)C=C5)[nH]4)[nH]3.C1=c2[nH]c(c3ccccc23)=Cc2[nH]c(c3ccccc23)C=c2[nH]c(c3ccccc23)=Cc2[nH]c1c1ccccc21. The molecule has 11 aromatic rings. The minimum atomic E-state index is 0.915. The maximum atomic E-state index is 4.62. The fraction of sp³-hybridized carbons (Fsp3) is 0. The minimum absolute atomic E-state index is 0.915. The van der Waals surface area contributed by atoms with Gasteiger partial charge in [0.25, 0.3) is 0 Å². The number of aromatic nitrogens is 8. The molecule has 6 N–H and O–H groups in total. The number of nitrogens with zero attached hydrogens (tertiary/aromatic N) is 2. The summed E-state index contributed by atoms with van der Waals surface area (Å²) in [4.78, 5) is 31.0. The number of aromatic amines is 6. The Morgan fingerprint density at radius 1 is 0.250 bits per heavy atom. The van der Waals surface area contributed by atoms with Gasteiger partial charge in [-0.2, -0.15) is 0 Å². The molecule has 14 rings (SSSR count). The third-order valence-electron chi connectivity index (χ3n) is 12.3. The van der Waals surface area contributed by atoms with E-state index in [-0.39, 0.29) is 0 Å². The minimum Gasteiger partial charge on any atom is -0.355 e. The number of rotatable bonds is 0. The highest BCUT2D eigenvalue weighted by Gasteiger charge is 2.12. The van der Waals surface area contributed by atoms with Gasteiger partial charge in [-0.05, 0) is 97.1 Å². The van der Waals surface area contributed by atoms with Gasteiger partial charge in [-0.15, -0.1) is 0 Å². The summed E-state index contributed by atoms with van der Waals surface area (Å²) in [6, 6.07) is 50.8. The van der Waals surface area contributed by atoms with E-state index < -0.39 is 0 Å². The second kappa shape index (κ2) is 14.4. The zero-order valence-corrected chi connectivity index (χ0v) is 34.4. The van der Waals surface area contributed by atoms with Crippen LogP contribution in [0.1, 0.15) is 45.6 Å². The summed E-state index contributed by atoms with van der Waals surface area (Å²) in [7, 11) is 0. The molecule has 64 heavy (non-hydrogen) atoms. The second-order valence-corrected chi connectivity index (χ2v) is 16.5. The molecule has 0 radical (unpaired) electrons. The largest absolute Gasteiger partial charge is 0.355 e. The van der Waals surface area contributed by atoms with Gasteiger partial charge in [0.05, 0.1) is 22.8 Å². The van der Waals surface area contributed by atoms with E-state index in [0.717, 1.165) is 89.0 Å². The molecule has 0 spiro atoms. The molecule has 0 amide bonds. The summed E-state index contributed by atoms with van der Waals surface area (Å²) in [5, 5.41) is 13.9. The van der Waals surface area contributed by atoms with Gasteiger partial charge in [0.2, 0.25) is 0 Å². The van der Waals surface area contributed by atoms with Crippen molar-refractivity contribution < 1.29 is 0 Å². The summed E-state index contributed by atoms with van der Waals surface area (Å²) in [6.45, 7) is 0. The first kappa shape index (κ1) is 35.8. The van der Waals surface area contributed by atoms with E-state index in [1.807, 2.05) is 42.5 Å². The second-order valence-electron chi connectivity index (χ2n) is 16.5. The molecule has 0 saturated heterocycles. The van der Waals surface area contributed by atoms with E-state index in [0.29, 0.717) is 0 Å². The van der Waals surface area contributed by atoms with Crippen molar-refractivity contribution in [1.29, 1.82) is 0 Å². The van der Waals surface area contributed by atoms with Gasteiger partial charge in [-0.1, -0.05) is 97.1 Å². The van der Waals surface area contributed by atoms with E-state index in [1.54, 1.807) is 0 Å². The van der Waals surface area contributed by atoms with E-state index in [1.165, 1.54) is 43.1 Å². The van der Waals surface area contributed by atoms with Gasteiger partial charge in [0, 0.05) is 109 Å². The van der Waals surface area contributed by atoms with Crippen LogP contribution in [0.2, 0.25) is 0 Å². The molecule has 7 aromatic heterocycles. The Bertz CT molecular complexity index is 3780. The van der Waals surface area contributed by atoms with Gasteiger partial charge >= 0.3 is 0 Å². The molecule has 10 heterocycles. The van der Waals surface area contributed by atoms with Crippen LogP contribution < -0.4 is 21.4 Å². The molecule has 3 aliphatic rings. The lowest BCUT2D eigenvalue weighted by atomic mass is 10.1. The normalized spacial score (nSPS) is 12.8. The average Bonchev–Trinajstić information content (AvgIpc) is 4.21. The molecule has 8 nitrogen and oxygen atoms in total. The van der Waals surface area contributed by atoms with Crippen LogP contribution in [0.3, 0.4) is 0 Å². The summed E-state index contributed by atoms with van der Waals surface area (Å²) in [6.07, 6.45) is 17.0. The lowest BCUT2D eigenvalue weighted by Crippen LogP contribution is -2.11. The molecule has 0 fully saturated rings. The fourth-order valence-electron chi connectivity index (χ4n) is 9.36. The molecule has 8 heteroatoms. The zero-order valence-electron chi connectivity index (χ0n) is 34.4. The molecule has 302 valence electrons. The van der Waals surface area contributed by atoms with Crippen LogP contribution in [-0.4, -0.2) is 39.9 Å². The highest BCUT2D eigenvalue weighted by Crippen LogP contribution is 2.26. The first-order valence-electron chi connectivity index (χ1n) is 21.5.